The van der Waals surface area contributed by atoms with Crippen molar-refractivity contribution in [2.75, 3.05) is 4.90 Å². The van der Waals surface area contributed by atoms with Gasteiger partial charge in [0.1, 0.15) is 0 Å². The van der Waals surface area contributed by atoms with Crippen molar-refractivity contribution in [1.29, 1.82) is 0 Å². The van der Waals surface area contributed by atoms with E-state index in [1.165, 1.54) is 105 Å². The quantitative estimate of drug-likeness (QED) is 0.155. The summed E-state index contributed by atoms with van der Waals surface area (Å²) in [5.41, 5.74) is 24.6. The summed E-state index contributed by atoms with van der Waals surface area (Å²) in [4.78, 5) is 2.48. The molecule has 0 bridgehead atoms. The lowest BCUT2D eigenvalue weighted by molar-refractivity contribution is 0.660. The van der Waals surface area contributed by atoms with Crippen molar-refractivity contribution in [3.05, 3.63) is 253 Å². The Hall–Kier alpha value is -8.20. The average molecular weight is 871 g/mol. The molecule has 0 radical (unpaired) electrons. The van der Waals surface area contributed by atoms with Gasteiger partial charge in [0.25, 0.3) is 0 Å². The number of hydrogen-bond acceptors (Lipinski definition) is 1. The number of benzene rings is 10. The molecule has 324 valence electrons. The summed E-state index contributed by atoms with van der Waals surface area (Å²) in [7, 11) is 0. The van der Waals surface area contributed by atoms with Crippen molar-refractivity contribution < 1.29 is 0 Å². The van der Waals surface area contributed by atoms with Crippen LogP contribution in [0.15, 0.2) is 231 Å². The second-order valence-electron chi connectivity index (χ2n) is 19.7. The lowest BCUT2D eigenvalue weighted by Gasteiger charge is -2.30. The Bertz CT molecular complexity index is 3670. The van der Waals surface area contributed by atoms with E-state index in [0.717, 1.165) is 17.1 Å². The van der Waals surface area contributed by atoms with Gasteiger partial charge in [0, 0.05) is 44.2 Å². The van der Waals surface area contributed by atoms with Crippen LogP contribution in [0.3, 0.4) is 0 Å². The number of fused-ring (bicyclic) bond motifs is 9. The van der Waals surface area contributed by atoms with Crippen LogP contribution in [-0.2, 0) is 10.8 Å². The third-order valence-corrected chi connectivity index (χ3v) is 15.2. The summed E-state index contributed by atoms with van der Waals surface area (Å²) in [6, 6.07) is 85.5. The molecule has 0 atom stereocenters. The van der Waals surface area contributed by atoms with E-state index in [2.05, 4.69) is 268 Å². The highest BCUT2D eigenvalue weighted by Crippen LogP contribution is 2.55. The van der Waals surface area contributed by atoms with Crippen LogP contribution in [0.5, 0.6) is 0 Å². The highest BCUT2D eigenvalue weighted by molar-refractivity contribution is 6.10. The minimum atomic E-state index is -0.243. The topological polar surface area (TPSA) is 8.17 Å². The molecule has 2 aliphatic rings. The van der Waals surface area contributed by atoms with Crippen LogP contribution < -0.4 is 4.90 Å². The van der Waals surface area contributed by atoms with Crippen LogP contribution in [0.25, 0.3) is 83.1 Å². The standard InChI is InChI=1S/C66H50N2/c1-65(2)57-25-14-11-22-52(57)53-36-34-50(41-59(53)65)67(49-32-30-45(31-33-49)48-39-46(43-18-7-5-8-19-43)38-47(40-48)44-20-9-6-10-21-44)51-35-37-56-60(42-51)66(3,4)58-26-17-29-63(64(56)58)68-61-27-15-12-23-54(61)55-24-13-16-28-62(55)68/h5-42H,1-4H3. The first-order valence-electron chi connectivity index (χ1n) is 23.9. The second kappa shape index (κ2) is 15.2. The van der Waals surface area contributed by atoms with E-state index >= 15 is 0 Å². The Labute approximate surface area is 399 Å². The smallest absolute Gasteiger partial charge is 0.0543 e. The molecule has 1 aromatic heterocycles. The molecular formula is C66H50N2. The maximum absolute atomic E-state index is 2.49. The summed E-state index contributed by atoms with van der Waals surface area (Å²) in [5, 5.41) is 2.55. The van der Waals surface area contributed by atoms with E-state index in [9.17, 15) is 0 Å². The van der Waals surface area contributed by atoms with Gasteiger partial charge in [0.15, 0.2) is 0 Å². The van der Waals surface area contributed by atoms with Crippen LogP contribution in [0.2, 0.25) is 0 Å². The molecule has 13 rings (SSSR count). The molecule has 68 heavy (non-hydrogen) atoms. The van der Waals surface area contributed by atoms with Gasteiger partial charge in [-0.15, -0.1) is 0 Å². The molecule has 0 N–H and O–H groups in total. The van der Waals surface area contributed by atoms with Gasteiger partial charge in [-0.3, -0.25) is 0 Å². The lowest BCUT2D eigenvalue weighted by atomic mass is 9.82. The van der Waals surface area contributed by atoms with Crippen molar-refractivity contribution in [1.82, 2.24) is 4.57 Å². The highest BCUT2D eigenvalue weighted by Gasteiger charge is 2.39. The van der Waals surface area contributed by atoms with E-state index in [0.29, 0.717) is 0 Å². The van der Waals surface area contributed by atoms with Gasteiger partial charge in [-0.2, -0.15) is 0 Å². The molecule has 2 heteroatoms. The summed E-state index contributed by atoms with van der Waals surface area (Å²) in [6.07, 6.45) is 0. The molecule has 10 aromatic carbocycles. The Kier molecular flexibility index (Phi) is 8.95. The maximum Gasteiger partial charge on any atom is 0.0543 e. The zero-order valence-electron chi connectivity index (χ0n) is 38.8. The molecule has 0 saturated heterocycles. The molecule has 0 saturated carbocycles. The Balaban J connectivity index is 0.971. The number of para-hydroxylation sites is 2. The fourth-order valence-electron chi connectivity index (χ4n) is 11.7. The molecular weight excluding hydrogens is 821 g/mol. The van der Waals surface area contributed by atoms with E-state index < -0.39 is 0 Å². The zero-order valence-corrected chi connectivity index (χ0v) is 38.8. The van der Waals surface area contributed by atoms with Gasteiger partial charge in [0.2, 0.25) is 0 Å². The van der Waals surface area contributed by atoms with Crippen molar-refractivity contribution in [3.8, 4) is 61.3 Å². The van der Waals surface area contributed by atoms with E-state index in [1.54, 1.807) is 0 Å². The average Bonchev–Trinajstić information content (AvgIpc) is 3.93. The minimum Gasteiger partial charge on any atom is -0.310 e. The number of hydrogen-bond donors (Lipinski definition) is 0. The SMILES string of the molecule is CC1(C)c2ccccc2-c2ccc(N(c3ccc(-c4cc(-c5ccccc5)cc(-c5ccccc5)c4)cc3)c3ccc4c(c3)C(C)(C)c3cccc(-n5c6ccccc6c6ccccc65)c3-4)cc21. The first-order valence-corrected chi connectivity index (χ1v) is 23.9. The summed E-state index contributed by atoms with van der Waals surface area (Å²) < 4.78 is 2.49. The normalized spacial score (nSPS) is 13.8. The van der Waals surface area contributed by atoms with Crippen LogP contribution in [-0.4, -0.2) is 4.57 Å². The second-order valence-corrected chi connectivity index (χ2v) is 19.7. The molecule has 0 fully saturated rings. The van der Waals surface area contributed by atoms with Crippen molar-refractivity contribution in [3.63, 3.8) is 0 Å². The van der Waals surface area contributed by atoms with Crippen LogP contribution in [0, 0.1) is 0 Å². The Morgan fingerprint density at radius 3 is 1.35 bits per heavy atom. The van der Waals surface area contributed by atoms with Crippen molar-refractivity contribution in [2.45, 2.75) is 38.5 Å². The van der Waals surface area contributed by atoms with Gasteiger partial charge >= 0.3 is 0 Å². The number of rotatable bonds is 7. The molecule has 2 nitrogen and oxygen atoms in total. The monoisotopic (exact) mass is 870 g/mol. The van der Waals surface area contributed by atoms with E-state index in [4.69, 9.17) is 0 Å². The van der Waals surface area contributed by atoms with Crippen molar-refractivity contribution >= 4 is 38.9 Å². The summed E-state index contributed by atoms with van der Waals surface area (Å²) in [5.74, 6) is 0. The zero-order chi connectivity index (χ0) is 45.7. The lowest BCUT2D eigenvalue weighted by Crippen LogP contribution is -2.18. The van der Waals surface area contributed by atoms with Gasteiger partial charge in [-0.25, -0.2) is 0 Å². The molecule has 1 heterocycles. The van der Waals surface area contributed by atoms with E-state index in [-0.39, 0.29) is 10.8 Å². The number of anilines is 3. The highest BCUT2D eigenvalue weighted by atomic mass is 15.1. The Morgan fingerprint density at radius 1 is 0.309 bits per heavy atom. The summed E-state index contributed by atoms with van der Waals surface area (Å²) in [6.45, 7) is 9.55. The number of nitrogens with zero attached hydrogens (tertiary/aromatic N) is 2. The molecule has 11 aromatic rings. The molecule has 0 unspecified atom stereocenters. The summed E-state index contributed by atoms with van der Waals surface area (Å²) >= 11 is 0. The molecule has 2 aliphatic carbocycles. The predicted octanol–water partition coefficient (Wildman–Crippen LogP) is 17.9. The van der Waals surface area contributed by atoms with E-state index in [1.807, 2.05) is 0 Å². The molecule has 0 aliphatic heterocycles. The van der Waals surface area contributed by atoms with Crippen LogP contribution in [0.1, 0.15) is 49.9 Å². The third kappa shape index (κ3) is 6.10. The van der Waals surface area contributed by atoms with Crippen LogP contribution >= 0.6 is 0 Å². The number of aromatic nitrogens is 1. The minimum absolute atomic E-state index is 0.136. The van der Waals surface area contributed by atoms with Crippen LogP contribution in [0.4, 0.5) is 17.1 Å². The fourth-order valence-corrected chi connectivity index (χ4v) is 11.7. The first-order chi connectivity index (χ1) is 33.2. The largest absolute Gasteiger partial charge is 0.310 e. The van der Waals surface area contributed by atoms with Gasteiger partial charge < -0.3 is 9.47 Å². The van der Waals surface area contributed by atoms with Gasteiger partial charge in [0.05, 0.1) is 16.7 Å². The third-order valence-electron chi connectivity index (χ3n) is 15.2. The fraction of sp³-hybridized carbons (Fsp3) is 0.0909. The van der Waals surface area contributed by atoms with Gasteiger partial charge in [-0.1, -0.05) is 185 Å². The predicted molar refractivity (Wildman–Crippen MR) is 287 cm³/mol. The van der Waals surface area contributed by atoms with Crippen molar-refractivity contribution in [2.24, 2.45) is 0 Å². The first kappa shape index (κ1) is 40.1. The van der Waals surface area contributed by atoms with Gasteiger partial charge in [-0.05, 0) is 145 Å². The Morgan fingerprint density at radius 2 is 0.750 bits per heavy atom. The molecule has 0 spiro atoms. The maximum atomic E-state index is 2.49. The molecule has 0 amide bonds.